The monoisotopic (exact) mass is 488 g/mol. The number of carbonyl (C=O) groups excluding carboxylic acids is 3. The number of likely N-dealkylation sites (tertiary alicyclic amines) is 1. The summed E-state index contributed by atoms with van der Waals surface area (Å²) in [6.07, 6.45) is -4.40. The first-order valence-corrected chi connectivity index (χ1v) is 10.8. The number of halogens is 4. The van der Waals surface area contributed by atoms with Crippen molar-refractivity contribution in [1.82, 2.24) is 9.80 Å². The highest BCUT2D eigenvalue weighted by molar-refractivity contribution is 6.33. The zero-order chi connectivity index (χ0) is 24.5. The molecule has 2 aromatic rings. The van der Waals surface area contributed by atoms with Crippen LogP contribution in [0.15, 0.2) is 36.4 Å². The summed E-state index contributed by atoms with van der Waals surface area (Å²) >= 11 is 6.22. The second-order valence-electron chi connectivity index (χ2n) is 8.45. The van der Waals surface area contributed by atoms with E-state index in [-0.39, 0.29) is 22.8 Å². The highest BCUT2D eigenvalue weighted by Crippen LogP contribution is 2.44. The molecule has 0 aliphatic carbocycles. The lowest BCUT2D eigenvalue weighted by atomic mass is 10.0. The maximum absolute atomic E-state index is 13.5. The van der Waals surface area contributed by atoms with E-state index in [2.05, 4.69) is 0 Å². The number of anilines is 1. The molecule has 3 aliphatic rings. The second-order valence-corrected chi connectivity index (χ2v) is 8.83. The summed E-state index contributed by atoms with van der Waals surface area (Å²) in [6, 6.07) is 6.52. The number of rotatable bonds is 2. The molecule has 5 rings (SSSR count). The number of imide groups is 1. The minimum atomic E-state index is -4.71. The molecule has 0 spiro atoms. The van der Waals surface area contributed by atoms with Crippen molar-refractivity contribution in [2.75, 3.05) is 11.4 Å². The normalized spacial score (nSPS) is 23.5. The van der Waals surface area contributed by atoms with Crippen LogP contribution in [-0.4, -0.2) is 52.3 Å². The maximum Gasteiger partial charge on any atom is 0.417 e. The number of urea groups is 1. The summed E-state index contributed by atoms with van der Waals surface area (Å²) in [6.45, 7) is 1.62. The highest BCUT2D eigenvalue weighted by Gasteiger charge is 2.63. The number of carbonyl (C=O) groups is 3. The Labute approximate surface area is 196 Å². The fourth-order valence-electron chi connectivity index (χ4n) is 5.19. The van der Waals surface area contributed by atoms with Gasteiger partial charge >= 0.3 is 12.2 Å². The van der Waals surface area contributed by atoms with Crippen molar-refractivity contribution in [3.8, 4) is 6.07 Å². The van der Waals surface area contributed by atoms with Gasteiger partial charge in [-0.15, -0.1) is 0 Å². The molecule has 0 radical (unpaired) electrons. The maximum atomic E-state index is 13.5. The first kappa shape index (κ1) is 22.2. The Morgan fingerprint density at radius 2 is 1.88 bits per heavy atom. The Morgan fingerprint density at radius 3 is 2.56 bits per heavy atom. The number of alkyl halides is 3. The van der Waals surface area contributed by atoms with Gasteiger partial charge in [-0.05, 0) is 43.2 Å². The van der Waals surface area contributed by atoms with Crippen molar-refractivity contribution in [3.63, 3.8) is 0 Å². The number of hydrogen-bond acceptors (Lipinski definition) is 4. The third kappa shape index (κ3) is 3.00. The predicted octanol–water partition coefficient (Wildman–Crippen LogP) is 3.97. The molecule has 2 unspecified atom stereocenters. The standard InChI is InChI=1S/C23H16ClF3N4O3/c1-11-16(7-6-12(9-28)18(11)24)31-21(33)19-17-8-13(30(19)22(31)34)10-29(17)20(32)14-4-2-3-5-15(14)23(25,26)27/h2-7,13,17,19H,8,10H2,1H3/t13?,17?,19-/m1/s1. The number of fused-ring (bicyclic) bond motifs is 5. The van der Waals surface area contributed by atoms with E-state index in [4.69, 9.17) is 16.9 Å². The van der Waals surface area contributed by atoms with Crippen LogP contribution in [0, 0.1) is 18.3 Å². The van der Waals surface area contributed by atoms with E-state index in [1.165, 1.54) is 34.1 Å². The summed E-state index contributed by atoms with van der Waals surface area (Å²) in [5.74, 6) is -1.40. The van der Waals surface area contributed by atoms with Gasteiger partial charge in [-0.3, -0.25) is 9.59 Å². The molecule has 3 aliphatic heterocycles. The number of nitrogens with zero attached hydrogens (tertiary/aromatic N) is 4. The Morgan fingerprint density at radius 1 is 1.18 bits per heavy atom. The van der Waals surface area contributed by atoms with E-state index >= 15 is 0 Å². The van der Waals surface area contributed by atoms with Crippen LogP contribution in [-0.2, 0) is 11.0 Å². The average Bonchev–Trinajstić information content (AvgIpc) is 3.46. The summed E-state index contributed by atoms with van der Waals surface area (Å²) in [5, 5.41) is 9.28. The van der Waals surface area contributed by atoms with Gasteiger partial charge in [-0.1, -0.05) is 23.7 Å². The number of nitriles is 1. The van der Waals surface area contributed by atoms with Crippen LogP contribution < -0.4 is 4.90 Å². The van der Waals surface area contributed by atoms with E-state index in [9.17, 15) is 27.6 Å². The number of amides is 4. The lowest BCUT2D eigenvalue weighted by Gasteiger charge is -2.35. The number of hydrogen-bond donors (Lipinski definition) is 0. The summed E-state index contributed by atoms with van der Waals surface area (Å²) in [7, 11) is 0. The summed E-state index contributed by atoms with van der Waals surface area (Å²) in [5.41, 5.74) is -0.728. The molecular weight excluding hydrogens is 473 g/mol. The fourth-order valence-corrected chi connectivity index (χ4v) is 5.39. The third-order valence-electron chi connectivity index (χ3n) is 6.71. The van der Waals surface area contributed by atoms with Crippen molar-refractivity contribution >= 4 is 35.1 Å². The molecule has 34 heavy (non-hydrogen) atoms. The molecule has 3 atom stereocenters. The number of piperazine rings is 1. The van der Waals surface area contributed by atoms with Gasteiger partial charge in [0.05, 0.1) is 39.5 Å². The van der Waals surface area contributed by atoms with Gasteiger partial charge < -0.3 is 9.80 Å². The van der Waals surface area contributed by atoms with Gasteiger partial charge in [0.25, 0.3) is 11.8 Å². The molecule has 11 heteroatoms. The lowest BCUT2D eigenvalue weighted by Crippen LogP contribution is -2.55. The van der Waals surface area contributed by atoms with Gasteiger partial charge in [-0.2, -0.15) is 18.4 Å². The summed E-state index contributed by atoms with van der Waals surface area (Å²) < 4.78 is 40.4. The van der Waals surface area contributed by atoms with Crippen molar-refractivity contribution in [2.24, 2.45) is 0 Å². The van der Waals surface area contributed by atoms with Crippen molar-refractivity contribution in [1.29, 1.82) is 5.26 Å². The van der Waals surface area contributed by atoms with E-state index < -0.39 is 53.3 Å². The predicted molar refractivity (Wildman–Crippen MR) is 114 cm³/mol. The van der Waals surface area contributed by atoms with Crippen molar-refractivity contribution < 1.29 is 27.6 Å². The minimum absolute atomic E-state index is 0.0339. The summed E-state index contributed by atoms with van der Waals surface area (Å²) in [4.78, 5) is 43.4. The van der Waals surface area contributed by atoms with Crippen molar-refractivity contribution in [2.45, 2.75) is 37.6 Å². The first-order valence-electron chi connectivity index (χ1n) is 10.4. The molecule has 2 aromatic carbocycles. The quantitative estimate of drug-likeness (QED) is 0.599. The topological polar surface area (TPSA) is 84.7 Å². The smallest absolute Gasteiger partial charge is 0.331 e. The van der Waals surface area contributed by atoms with Gasteiger partial charge in [-0.25, -0.2) is 9.69 Å². The SMILES string of the molecule is Cc1c(N2C(=O)[C@H]3C4CC(CN4C(=O)c4ccccc4C(F)(F)F)N3C2=O)ccc(C#N)c1Cl. The molecule has 174 valence electrons. The molecular formula is C23H16ClF3N4O3. The molecule has 0 aromatic heterocycles. The van der Waals surface area contributed by atoms with E-state index in [1.807, 2.05) is 6.07 Å². The van der Waals surface area contributed by atoms with Gasteiger partial charge in [0.15, 0.2) is 0 Å². The zero-order valence-corrected chi connectivity index (χ0v) is 18.4. The lowest BCUT2D eigenvalue weighted by molar-refractivity contribution is -0.138. The number of benzene rings is 2. The van der Waals surface area contributed by atoms with Crippen LogP contribution in [0.2, 0.25) is 5.02 Å². The largest absolute Gasteiger partial charge is 0.417 e. The molecule has 2 bridgehead atoms. The van der Waals surface area contributed by atoms with Crippen LogP contribution in [0.5, 0.6) is 0 Å². The highest BCUT2D eigenvalue weighted by atomic mass is 35.5. The van der Waals surface area contributed by atoms with Crippen LogP contribution in [0.25, 0.3) is 0 Å². The second kappa shape index (κ2) is 7.46. The van der Waals surface area contributed by atoms with E-state index in [0.717, 1.165) is 17.0 Å². The van der Waals surface area contributed by atoms with Crippen LogP contribution in [0.4, 0.5) is 23.7 Å². The molecule has 0 N–H and O–H groups in total. The molecule has 3 saturated heterocycles. The average molecular weight is 489 g/mol. The fraction of sp³-hybridized carbons (Fsp3) is 0.304. The molecule has 3 heterocycles. The molecule has 3 fully saturated rings. The van der Waals surface area contributed by atoms with E-state index in [1.54, 1.807) is 6.92 Å². The van der Waals surface area contributed by atoms with Gasteiger partial charge in [0.1, 0.15) is 12.1 Å². The molecule has 0 saturated carbocycles. The van der Waals surface area contributed by atoms with Crippen LogP contribution in [0.3, 0.4) is 0 Å². The minimum Gasteiger partial charge on any atom is -0.331 e. The Balaban J connectivity index is 1.48. The van der Waals surface area contributed by atoms with Crippen LogP contribution >= 0.6 is 11.6 Å². The Bertz CT molecular complexity index is 1310. The first-order chi connectivity index (χ1) is 16.1. The van der Waals surface area contributed by atoms with Crippen molar-refractivity contribution in [3.05, 3.63) is 63.7 Å². The molecule has 7 nitrogen and oxygen atoms in total. The molecule has 4 amide bonds. The zero-order valence-electron chi connectivity index (χ0n) is 17.6. The Hall–Kier alpha value is -3.58. The van der Waals surface area contributed by atoms with Gasteiger partial charge in [0, 0.05) is 6.54 Å². The Kier molecular flexibility index (Phi) is 4.88. The van der Waals surface area contributed by atoms with E-state index in [0.29, 0.717) is 12.0 Å². The van der Waals surface area contributed by atoms with Gasteiger partial charge in [0.2, 0.25) is 0 Å². The third-order valence-corrected chi connectivity index (χ3v) is 7.19. The van der Waals surface area contributed by atoms with Crippen LogP contribution in [0.1, 0.15) is 33.5 Å².